The van der Waals surface area contributed by atoms with E-state index in [1.54, 1.807) is 6.07 Å². The predicted octanol–water partition coefficient (Wildman–Crippen LogP) is 3.63. The molecular formula is C10H15Cl2N3. The van der Waals surface area contributed by atoms with Crippen molar-refractivity contribution in [1.29, 1.82) is 0 Å². The third-order valence-corrected chi connectivity index (χ3v) is 2.90. The summed E-state index contributed by atoms with van der Waals surface area (Å²) in [7, 11) is 0. The van der Waals surface area contributed by atoms with E-state index in [0.717, 1.165) is 18.7 Å². The average molecular weight is 248 g/mol. The van der Waals surface area contributed by atoms with Crippen LogP contribution in [-0.2, 0) is 0 Å². The van der Waals surface area contributed by atoms with Gasteiger partial charge in [-0.1, -0.05) is 44.0 Å². The second-order valence-corrected chi connectivity index (χ2v) is 4.99. The van der Waals surface area contributed by atoms with Gasteiger partial charge in [-0.15, -0.1) is 10.2 Å². The summed E-state index contributed by atoms with van der Waals surface area (Å²) in [5.41, 5.74) is 0.956. The molecule has 3 nitrogen and oxygen atoms in total. The molecule has 1 rings (SSSR count). The summed E-state index contributed by atoms with van der Waals surface area (Å²) >= 11 is 11.6. The van der Waals surface area contributed by atoms with Crippen molar-refractivity contribution in [2.24, 2.45) is 5.41 Å². The third kappa shape index (κ3) is 3.84. The summed E-state index contributed by atoms with van der Waals surface area (Å²) in [6.07, 6.45) is 1.09. The summed E-state index contributed by atoms with van der Waals surface area (Å²) in [5, 5.41) is 11.3. The highest BCUT2D eigenvalue weighted by Gasteiger charge is 2.15. The molecule has 0 aliphatic rings. The molecule has 84 valence electrons. The first-order valence-electron chi connectivity index (χ1n) is 4.87. The molecule has 15 heavy (non-hydrogen) atoms. The van der Waals surface area contributed by atoms with E-state index >= 15 is 0 Å². The Labute approximate surface area is 100 Å². The standard InChI is InChI=1S/C10H15Cl2N3/c1-4-10(2,3)6-13-7-5-8(11)14-15-9(7)12/h5H,4,6H2,1-3H3,(H,13,14). The van der Waals surface area contributed by atoms with Gasteiger partial charge in [-0.25, -0.2) is 0 Å². The number of halogens is 2. The number of rotatable bonds is 4. The van der Waals surface area contributed by atoms with Crippen LogP contribution in [0.5, 0.6) is 0 Å². The molecule has 0 atom stereocenters. The molecule has 0 radical (unpaired) electrons. The molecule has 0 aliphatic heterocycles. The van der Waals surface area contributed by atoms with Crippen LogP contribution >= 0.6 is 23.2 Å². The van der Waals surface area contributed by atoms with Crippen molar-refractivity contribution >= 4 is 28.9 Å². The molecule has 0 spiro atoms. The Balaban J connectivity index is 2.69. The second kappa shape index (κ2) is 4.99. The fourth-order valence-corrected chi connectivity index (χ4v) is 1.24. The van der Waals surface area contributed by atoms with Crippen molar-refractivity contribution in [2.75, 3.05) is 11.9 Å². The molecule has 0 saturated heterocycles. The zero-order chi connectivity index (χ0) is 11.5. The lowest BCUT2D eigenvalue weighted by atomic mass is 9.90. The fourth-order valence-electron chi connectivity index (χ4n) is 0.937. The van der Waals surface area contributed by atoms with Gasteiger partial charge in [-0.05, 0) is 11.8 Å². The van der Waals surface area contributed by atoms with E-state index in [-0.39, 0.29) is 5.41 Å². The van der Waals surface area contributed by atoms with Crippen LogP contribution in [0.1, 0.15) is 27.2 Å². The Bertz CT molecular complexity index is 339. The largest absolute Gasteiger partial charge is 0.382 e. The number of hydrogen-bond acceptors (Lipinski definition) is 3. The van der Waals surface area contributed by atoms with Gasteiger partial charge in [0.1, 0.15) is 0 Å². The lowest BCUT2D eigenvalue weighted by molar-refractivity contribution is 0.377. The predicted molar refractivity (Wildman–Crippen MR) is 64.6 cm³/mol. The maximum atomic E-state index is 5.87. The van der Waals surface area contributed by atoms with Gasteiger partial charge in [0, 0.05) is 12.6 Å². The Morgan fingerprint density at radius 2 is 2.00 bits per heavy atom. The minimum Gasteiger partial charge on any atom is -0.382 e. The van der Waals surface area contributed by atoms with Crippen LogP contribution in [0.15, 0.2) is 6.07 Å². The molecule has 0 saturated carbocycles. The number of nitrogens with zero attached hydrogens (tertiary/aromatic N) is 2. The van der Waals surface area contributed by atoms with E-state index in [1.165, 1.54) is 0 Å². The van der Waals surface area contributed by atoms with Gasteiger partial charge < -0.3 is 5.32 Å². The monoisotopic (exact) mass is 247 g/mol. The van der Waals surface area contributed by atoms with Gasteiger partial charge in [0.25, 0.3) is 0 Å². The number of hydrogen-bond donors (Lipinski definition) is 1. The molecule has 1 aromatic rings. The molecule has 0 amide bonds. The van der Waals surface area contributed by atoms with Crippen molar-refractivity contribution < 1.29 is 0 Å². The summed E-state index contributed by atoms with van der Waals surface area (Å²) in [4.78, 5) is 0. The van der Waals surface area contributed by atoms with Crippen LogP contribution in [0, 0.1) is 5.41 Å². The highest BCUT2D eigenvalue weighted by atomic mass is 35.5. The first-order chi connectivity index (χ1) is 6.94. The minimum absolute atomic E-state index is 0.221. The van der Waals surface area contributed by atoms with E-state index in [4.69, 9.17) is 23.2 Å². The minimum atomic E-state index is 0.221. The normalized spacial score (nSPS) is 11.5. The van der Waals surface area contributed by atoms with Crippen molar-refractivity contribution in [3.05, 3.63) is 16.4 Å². The number of nitrogens with one attached hydrogen (secondary N) is 1. The van der Waals surface area contributed by atoms with Gasteiger partial charge >= 0.3 is 0 Å². The molecule has 0 unspecified atom stereocenters. The highest BCUT2D eigenvalue weighted by molar-refractivity contribution is 6.33. The number of anilines is 1. The second-order valence-electron chi connectivity index (χ2n) is 4.24. The Morgan fingerprint density at radius 3 is 2.60 bits per heavy atom. The SMILES string of the molecule is CCC(C)(C)CNc1cc(Cl)nnc1Cl. The molecule has 0 bridgehead atoms. The summed E-state index contributed by atoms with van der Waals surface area (Å²) < 4.78 is 0. The molecular weight excluding hydrogens is 233 g/mol. The zero-order valence-electron chi connectivity index (χ0n) is 9.14. The molecule has 1 aromatic heterocycles. The van der Waals surface area contributed by atoms with Gasteiger partial charge in [-0.2, -0.15) is 0 Å². The van der Waals surface area contributed by atoms with Crippen LogP contribution < -0.4 is 5.32 Å². The van der Waals surface area contributed by atoms with Gasteiger partial charge in [0.05, 0.1) is 5.69 Å². The highest BCUT2D eigenvalue weighted by Crippen LogP contribution is 2.24. The molecule has 1 N–H and O–H groups in total. The van der Waals surface area contributed by atoms with Crippen LogP contribution in [-0.4, -0.2) is 16.7 Å². The topological polar surface area (TPSA) is 37.8 Å². The molecule has 1 heterocycles. The quantitative estimate of drug-likeness (QED) is 0.884. The average Bonchev–Trinajstić information content (AvgIpc) is 2.20. The first kappa shape index (κ1) is 12.5. The Morgan fingerprint density at radius 1 is 1.33 bits per heavy atom. The Kier molecular flexibility index (Phi) is 4.17. The lowest BCUT2D eigenvalue weighted by Crippen LogP contribution is -2.22. The zero-order valence-corrected chi connectivity index (χ0v) is 10.7. The molecule has 0 fully saturated rings. The van der Waals surface area contributed by atoms with Crippen molar-refractivity contribution in [3.8, 4) is 0 Å². The lowest BCUT2D eigenvalue weighted by Gasteiger charge is -2.23. The van der Waals surface area contributed by atoms with E-state index in [9.17, 15) is 0 Å². The van der Waals surface area contributed by atoms with Crippen LogP contribution in [0.3, 0.4) is 0 Å². The van der Waals surface area contributed by atoms with Gasteiger partial charge in [0.15, 0.2) is 10.3 Å². The maximum absolute atomic E-state index is 5.87. The summed E-state index contributed by atoms with van der Waals surface area (Å²) in [5.74, 6) is 0. The van der Waals surface area contributed by atoms with Gasteiger partial charge in [0.2, 0.25) is 0 Å². The molecule has 0 aromatic carbocycles. The van der Waals surface area contributed by atoms with Crippen LogP contribution in [0.25, 0.3) is 0 Å². The summed E-state index contributed by atoms with van der Waals surface area (Å²) in [6, 6.07) is 1.68. The first-order valence-corrected chi connectivity index (χ1v) is 5.63. The molecule has 5 heteroatoms. The van der Waals surface area contributed by atoms with Crippen molar-refractivity contribution in [2.45, 2.75) is 27.2 Å². The van der Waals surface area contributed by atoms with Crippen LogP contribution in [0.4, 0.5) is 5.69 Å². The summed E-state index contributed by atoms with van der Waals surface area (Å²) in [6.45, 7) is 7.35. The van der Waals surface area contributed by atoms with E-state index < -0.39 is 0 Å². The fraction of sp³-hybridized carbons (Fsp3) is 0.600. The van der Waals surface area contributed by atoms with E-state index in [0.29, 0.717) is 10.3 Å². The van der Waals surface area contributed by atoms with Crippen molar-refractivity contribution in [3.63, 3.8) is 0 Å². The number of aromatic nitrogens is 2. The third-order valence-electron chi connectivity index (χ3n) is 2.43. The van der Waals surface area contributed by atoms with Crippen LogP contribution in [0.2, 0.25) is 10.3 Å². The smallest absolute Gasteiger partial charge is 0.174 e. The maximum Gasteiger partial charge on any atom is 0.174 e. The van der Waals surface area contributed by atoms with Crippen molar-refractivity contribution in [1.82, 2.24) is 10.2 Å². The van der Waals surface area contributed by atoms with E-state index in [1.807, 2.05) is 0 Å². The van der Waals surface area contributed by atoms with Gasteiger partial charge in [-0.3, -0.25) is 0 Å². The van der Waals surface area contributed by atoms with E-state index in [2.05, 4.69) is 36.3 Å². The molecule has 0 aliphatic carbocycles. The Hall–Kier alpha value is -0.540.